The second-order valence-corrected chi connectivity index (χ2v) is 5.13. The maximum atomic E-state index is 8.68. The second kappa shape index (κ2) is 5.94. The minimum Gasteiger partial charge on any atom is -0.384 e. The summed E-state index contributed by atoms with van der Waals surface area (Å²) >= 11 is 0. The summed E-state index contributed by atoms with van der Waals surface area (Å²) < 4.78 is 2.27. The van der Waals surface area contributed by atoms with Gasteiger partial charge in [0.25, 0.3) is 0 Å². The van der Waals surface area contributed by atoms with Gasteiger partial charge in [0.1, 0.15) is 6.61 Å². The zero-order valence-corrected chi connectivity index (χ0v) is 11.5. The first-order valence-electron chi connectivity index (χ1n) is 7.08. The maximum Gasteiger partial charge on any atom is 0.104 e. The van der Waals surface area contributed by atoms with E-state index in [2.05, 4.69) is 33.5 Å². The molecule has 3 rings (SSSR count). The number of aliphatic hydroxyl groups is 1. The highest BCUT2D eigenvalue weighted by Gasteiger charge is 2.14. The molecular formula is C17H18N2O. The predicted octanol–water partition coefficient (Wildman–Crippen LogP) is 2.15. The van der Waals surface area contributed by atoms with E-state index < -0.39 is 0 Å². The van der Waals surface area contributed by atoms with Crippen molar-refractivity contribution in [3.63, 3.8) is 0 Å². The van der Waals surface area contributed by atoms with Crippen LogP contribution in [0.1, 0.15) is 35.4 Å². The van der Waals surface area contributed by atoms with Gasteiger partial charge in [-0.3, -0.25) is 0 Å². The van der Waals surface area contributed by atoms with Crippen molar-refractivity contribution in [3.05, 3.63) is 53.1 Å². The molecule has 3 nitrogen and oxygen atoms in total. The molecule has 1 N–H and O–H groups in total. The van der Waals surface area contributed by atoms with Crippen LogP contribution in [0.25, 0.3) is 0 Å². The number of aryl methyl sites for hydroxylation is 1. The van der Waals surface area contributed by atoms with Crippen LogP contribution in [0.15, 0.2) is 30.6 Å². The molecule has 2 aromatic rings. The Hall–Kier alpha value is -2.05. The minimum absolute atomic E-state index is 0.0943. The van der Waals surface area contributed by atoms with Gasteiger partial charge in [-0.2, -0.15) is 0 Å². The fourth-order valence-electron chi connectivity index (χ4n) is 2.70. The molecule has 102 valence electrons. The molecule has 0 saturated carbocycles. The fraction of sp³-hybridized carbons (Fsp3) is 0.353. The predicted molar refractivity (Wildman–Crippen MR) is 78.4 cm³/mol. The van der Waals surface area contributed by atoms with Crippen LogP contribution in [0, 0.1) is 11.8 Å². The van der Waals surface area contributed by atoms with Crippen molar-refractivity contribution >= 4 is 0 Å². The number of imidazole rings is 1. The van der Waals surface area contributed by atoms with Crippen molar-refractivity contribution in [2.24, 2.45) is 0 Å². The Morgan fingerprint density at radius 3 is 2.75 bits per heavy atom. The van der Waals surface area contributed by atoms with Crippen LogP contribution < -0.4 is 0 Å². The molecule has 0 atom stereocenters. The molecule has 0 aliphatic heterocycles. The van der Waals surface area contributed by atoms with E-state index in [1.54, 1.807) is 0 Å². The topological polar surface area (TPSA) is 38.0 Å². The molecule has 0 spiro atoms. The average molecular weight is 266 g/mol. The molecule has 0 amide bonds. The Morgan fingerprint density at radius 2 is 1.95 bits per heavy atom. The Kier molecular flexibility index (Phi) is 3.85. The van der Waals surface area contributed by atoms with Gasteiger partial charge in [-0.1, -0.05) is 24.0 Å². The Morgan fingerprint density at radius 1 is 1.15 bits per heavy atom. The third kappa shape index (κ3) is 2.76. The zero-order valence-electron chi connectivity index (χ0n) is 11.5. The van der Waals surface area contributed by atoms with E-state index >= 15 is 0 Å². The molecular weight excluding hydrogens is 248 g/mol. The lowest BCUT2D eigenvalue weighted by Gasteiger charge is -2.14. The summed E-state index contributed by atoms with van der Waals surface area (Å²) in [4.78, 5) is 4.52. The molecule has 20 heavy (non-hydrogen) atoms. The van der Waals surface area contributed by atoms with E-state index in [4.69, 9.17) is 5.11 Å². The molecule has 0 radical (unpaired) electrons. The number of nitrogens with zero attached hydrogens (tertiary/aromatic N) is 2. The zero-order chi connectivity index (χ0) is 13.8. The summed E-state index contributed by atoms with van der Waals surface area (Å²) in [6, 6.07) is 8.19. The summed E-state index contributed by atoms with van der Waals surface area (Å²) in [7, 11) is 0. The van der Waals surface area contributed by atoms with Crippen molar-refractivity contribution in [2.75, 3.05) is 6.61 Å². The van der Waals surface area contributed by atoms with Crippen LogP contribution in [0.4, 0.5) is 0 Å². The lowest BCUT2D eigenvalue weighted by molar-refractivity contribution is 0.350. The van der Waals surface area contributed by atoms with Gasteiger partial charge in [0.15, 0.2) is 0 Å². The molecule has 0 fully saturated rings. The van der Waals surface area contributed by atoms with E-state index in [9.17, 15) is 0 Å². The monoisotopic (exact) mass is 266 g/mol. The van der Waals surface area contributed by atoms with Gasteiger partial charge in [0.2, 0.25) is 0 Å². The fourth-order valence-corrected chi connectivity index (χ4v) is 2.70. The van der Waals surface area contributed by atoms with Crippen LogP contribution in [0.2, 0.25) is 0 Å². The van der Waals surface area contributed by atoms with Crippen LogP contribution in [0.5, 0.6) is 0 Å². The van der Waals surface area contributed by atoms with Gasteiger partial charge in [0.05, 0.1) is 12.0 Å². The summed E-state index contributed by atoms with van der Waals surface area (Å²) in [6.45, 7) is 0.777. The Bertz CT molecular complexity index is 644. The second-order valence-electron chi connectivity index (χ2n) is 5.13. The molecule has 1 aromatic heterocycles. The molecule has 1 heterocycles. The minimum atomic E-state index is -0.0943. The molecule has 3 heteroatoms. The van der Waals surface area contributed by atoms with Gasteiger partial charge >= 0.3 is 0 Å². The number of fused-ring (bicyclic) bond motifs is 1. The number of benzene rings is 1. The lowest BCUT2D eigenvalue weighted by Crippen LogP contribution is -2.08. The number of hydrogen-bond acceptors (Lipinski definition) is 2. The van der Waals surface area contributed by atoms with Gasteiger partial charge in [0, 0.05) is 17.8 Å². The van der Waals surface area contributed by atoms with Gasteiger partial charge < -0.3 is 9.67 Å². The third-order valence-electron chi connectivity index (χ3n) is 3.73. The molecule has 1 aliphatic rings. The molecule has 0 saturated heterocycles. The first-order valence-corrected chi connectivity index (χ1v) is 7.08. The summed E-state index contributed by atoms with van der Waals surface area (Å²) in [5.41, 5.74) is 4.88. The number of aliphatic hydroxyl groups excluding tert-OH is 1. The van der Waals surface area contributed by atoms with Gasteiger partial charge in [-0.25, -0.2) is 4.98 Å². The molecule has 0 bridgehead atoms. The highest BCUT2D eigenvalue weighted by Crippen LogP contribution is 2.20. The first kappa shape index (κ1) is 13.0. The van der Waals surface area contributed by atoms with Crippen LogP contribution in [-0.2, 0) is 19.4 Å². The SMILES string of the molecule is OCC#Cc1ccc(Cn2cnc3c2CCCC3)cc1. The van der Waals surface area contributed by atoms with Crippen LogP contribution in [0.3, 0.4) is 0 Å². The summed E-state index contributed by atoms with van der Waals surface area (Å²) in [6.07, 6.45) is 6.78. The Balaban J connectivity index is 1.76. The number of aromatic nitrogens is 2. The normalized spacial score (nSPS) is 13.4. The van der Waals surface area contributed by atoms with E-state index in [0.717, 1.165) is 24.9 Å². The van der Waals surface area contributed by atoms with E-state index in [1.807, 2.05) is 18.5 Å². The largest absolute Gasteiger partial charge is 0.384 e. The highest BCUT2D eigenvalue weighted by molar-refractivity contribution is 5.36. The lowest BCUT2D eigenvalue weighted by atomic mass is 10.0. The van der Waals surface area contributed by atoms with Crippen molar-refractivity contribution in [1.82, 2.24) is 9.55 Å². The van der Waals surface area contributed by atoms with Crippen LogP contribution in [-0.4, -0.2) is 21.3 Å². The van der Waals surface area contributed by atoms with E-state index in [1.165, 1.54) is 29.8 Å². The van der Waals surface area contributed by atoms with Crippen LogP contribution >= 0.6 is 0 Å². The first-order chi connectivity index (χ1) is 9.86. The van der Waals surface area contributed by atoms with Crippen molar-refractivity contribution in [1.29, 1.82) is 0 Å². The quantitative estimate of drug-likeness (QED) is 0.846. The van der Waals surface area contributed by atoms with Crippen molar-refractivity contribution < 1.29 is 5.11 Å². The molecule has 1 aliphatic carbocycles. The third-order valence-corrected chi connectivity index (χ3v) is 3.73. The summed E-state index contributed by atoms with van der Waals surface area (Å²) in [5.74, 6) is 5.57. The molecule has 1 aromatic carbocycles. The molecule has 0 unspecified atom stereocenters. The van der Waals surface area contributed by atoms with Gasteiger partial charge in [-0.05, 0) is 43.4 Å². The van der Waals surface area contributed by atoms with E-state index in [0.29, 0.717) is 0 Å². The van der Waals surface area contributed by atoms with Crippen molar-refractivity contribution in [3.8, 4) is 11.8 Å². The Labute approximate surface area is 119 Å². The average Bonchev–Trinajstić information content (AvgIpc) is 2.90. The standard InChI is InChI=1S/C17H18N2O/c20-11-3-4-14-7-9-15(10-8-14)12-19-13-18-16-5-1-2-6-17(16)19/h7-10,13,20H,1-2,5-6,11-12H2. The summed E-state index contributed by atoms with van der Waals surface area (Å²) in [5, 5.41) is 8.68. The smallest absolute Gasteiger partial charge is 0.104 e. The van der Waals surface area contributed by atoms with E-state index in [-0.39, 0.29) is 6.61 Å². The maximum absolute atomic E-state index is 8.68. The number of rotatable bonds is 2. The highest BCUT2D eigenvalue weighted by atomic mass is 16.2. The van der Waals surface area contributed by atoms with Crippen molar-refractivity contribution in [2.45, 2.75) is 32.2 Å². The van der Waals surface area contributed by atoms with Gasteiger partial charge in [-0.15, -0.1) is 0 Å². The number of hydrogen-bond donors (Lipinski definition) is 1.